The number of benzene rings is 2. The van der Waals surface area contributed by atoms with Crippen molar-refractivity contribution in [3.05, 3.63) is 46.4 Å². The van der Waals surface area contributed by atoms with E-state index in [0.29, 0.717) is 22.8 Å². The predicted octanol–water partition coefficient (Wildman–Crippen LogP) is 3.57. The fraction of sp³-hybridized carbons (Fsp3) is 0.278. The van der Waals surface area contributed by atoms with Crippen LogP contribution in [0.25, 0.3) is 0 Å². The van der Waals surface area contributed by atoms with Gasteiger partial charge in [-0.05, 0) is 50.2 Å². The zero-order valence-corrected chi connectivity index (χ0v) is 17.8. The van der Waals surface area contributed by atoms with E-state index in [9.17, 15) is 8.42 Å². The van der Waals surface area contributed by atoms with Gasteiger partial charge in [-0.15, -0.1) is 0 Å². The van der Waals surface area contributed by atoms with Gasteiger partial charge in [0.15, 0.2) is 11.5 Å². The minimum atomic E-state index is -3.81. The first-order valence-corrected chi connectivity index (χ1v) is 10.3. The molecule has 0 saturated carbocycles. The molecule has 0 fully saturated rings. The van der Waals surface area contributed by atoms with Gasteiger partial charge in [0.25, 0.3) is 10.0 Å². The molecule has 0 atom stereocenters. The van der Waals surface area contributed by atoms with Crippen LogP contribution in [0.2, 0.25) is 0 Å². The summed E-state index contributed by atoms with van der Waals surface area (Å²) in [5.41, 5.74) is 0.548. The number of hydrazone groups is 1. The highest BCUT2D eigenvalue weighted by Crippen LogP contribution is 2.33. The second-order valence-corrected chi connectivity index (χ2v) is 8.30. The minimum absolute atomic E-state index is 0.00681. The van der Waals surface area contributed by atoms with Crippen LogP contribution in [-0.4, -0.2) is 35.0 Å². The van der Waals surface area contributed by atoms with E-state index >= 15 is 0 Å². The second kappa shape index (κ2) is 9.09. The van der Waals surface area contributed by atoms with Crippen LogP contribution in [0.5, 0.6) is 17.2 Å². The summed E-state index contributed by atoms with van der Waals surface area (Å²) in [4.78, 5) is 2.26. The molecule has 7 nitrogen and oxygen atoms in total. The first kappa shape index (κ1) is 21.0. The van der Waals surface area contributed by atoms with Crippen molar-refractivity contribution in [3.8, 4) is 17.2 Å². The molecule has 0 bridgehead atoms. The van der Waals surface area contributed by atoms with E-state index < -0.39 is 10.0 Å². The Hall–Kier alpha value is -2.26. The van der Waals surface area contributed by atoms with E-state index in [-0.39, 0.29) is 11.0 Å². The van der Waals surface area contributed by atoms with E-state index in [1.807, 2.05) is 13.8 Å². The van der Waals surface area contributed by atoms with E-state index in [0.717, 1.165) is 4.47 Å². The van der Waals surface area contributed by atoms with Gasteiger partial charge in [0.1, 0.15) is 5.75 Å². The van der Waals surface area contributed by atoms with Gasteiger partial charge in [0.2, 0.25) is 0 Å². The normalized spacial score (nSPS) is 11.6. The molecule has 0 amide bonds. The summed E-state index contributed by atoms with van der Waals surface area (Å²) in [6.45, 7) is 3.79. The van der Waals surface area contributed by atoms with E-state index in [1.165, 1.54) is 32.6 Å². The quantitative estimate of drug-likeness (QED) is 0.484. The van der Waals surface area contributed by atoms with Crippen LogP contribution >= 0.6 is 15.9 Å². The van der Waals surface area contributed by atoms with Crippen molar-refractivity contribution in [1.29, 1.82) is 0 Å². The Kier molecular flexibility index (Phi) is 7.09. The number of sulfonamides is 1. The topological polar surface area (TPSA) is 86.2 Å². The van der Waals surface area contributed by atoms with E-state index in [4.69, 9.17) is 14.2 Å². The van der Waals surface area contributed by atoms with Gasteiger partial charge in [-0.1, -0.05) is 15.9 Å². The Balaban J connectivity index is 2.19. The first-order valence-electron chi connectivity index (χ1n) is 8.00. The van der Waals surface area contributed by atoms with Crippen LogP contribution in [0.4, 0.5) is 0 Å². The molecule has 2 aromatic carbocycles. The second-order valence-electron chi connectivity index (χ2n) is 5.72. The summed E-state index contributed by atoms with van der Waals surface area (Å²) < 4.78 is 41.5. The summed E-state index contributed by atoms with van der Waals surface area (Å²) in [7, 11) is -0.800. The van der Waals surface area contributed by atoms with Crippen LogP contribution in [0, 0.1) is 0 Å². The predicted molar refractivity (Wildman–Crippen MR) is 107 cm³/mol. The van der Waals surface area contributed by atoms with Crippen molar-refractivity contribution in [1.82, 2.24) is 4.83 Å². The third-order valence-corrected chi connectivity index (χ3v) is 5.05. The molecule has 27 heavy (non-hydrogen) atoms. The van der Waals surface area contributed by atoms with Crippen molar-refractivity contribution in [3.63, 3.8) is 0 Å². The number of methoxy groups -OCH3 is 2. The van der Waals surface area contributed by atoms with Gasteiger partial charge < -0.3 is 14.2 Å². The van der Waals surface area contributed by atoms with Gasteiger partial charge >= 0.3 is 0 Å². The number of rotatable bonds is 8. The summed E-state index contributed by atoms with van der Waals surface area (Å²) >= 11 is 3.36. The van der Waals surface area contributed by atoms with Gasteiger partial charge in [-0.2, -0.15) is 13.5 Å². The van der Waals surface area contributed by atoms with Crippen LogP contribution in [0.15, 0.2) is 50.9 Å². The van der Waals surface area contributed by atoms with Crippen LogP contribution in [-0.2, 0) is 10.0 Å². The highest BCUT2D eigenvalue weighted by Gasteiger charge is 2.14. The van der Waals surface area contributed by atoms with Crippen molar-refractivity contribution in [2.75, 3.05) is 14.2 Å². The molecule has 0 spiro atoms. The first-order chi connectivity index (χ1) is 12.8. The zero-order valence-electron chi connectivity index (χ0n) is 15.4. The third kappa shape index (κ3) is 5.61. The Morgan fingerprint density at radius 2 is 1.78 bits per heavy atom. The molecular weight excluding hydrogens is 436 g/mol. The lowest BCUT2D eigenvalue weighted by Gasteiger charge is -2.11. The highest BCUT2D eigenvalue weighted by molar-refractivity contribution is 9.10. The van der Waals surface area contributed by atoms with Crippen molar-refractivity contribution >= 4 is 32.2 Å². The highest BCUT2D eigenvalue weighted by atomic mass is 79.9. The van der Waals surface area contributed by atoms with Crippen LogP contribution in [0.1, 0.15) is 19.4 Å². The maximum absolute atomic E-state index is 12.4. The fourth-order valence-corrected chi connectivity index (χ4v) is 3.49. The number of nitrogens with one attached hydrogen (secondary N) is 1. The average molecular weight is 457 g/mol. The summed E-state index contributed by atoms with van der Waals surface area (Å²) in [5.74, 6) is 1.54. The Morgan fingerprint density at radius 1 is 1.11 bits per heavy atom. The number of hydrogen-bond acceptors (Lipinski definition) is 6. The van der Waals surface area contributed by atoms with Gasteiger partial charge in [-0.3, -0.25) is 0 Å². The van der Waals surface area contributed by atoms with Gasteiger partial charge in [0.05, 0.1) is 31.4 Å². The monoisotopic (exact) mass is 456 g/mol. The Bertz CT molecular complexity index is 912. The fourth-order valence-electron chi connectivity index (χ4n) is 2.24. The lowest BCUT2D eigenvalue weighted by atomic mass is 10.2. The molecule has 0 aliphatic carbocycles. The maximum atomic E-state index is 12.4. The van der Waals surface area contributed by atoms with E-state index in [2.05, 4.69) is 25.9 Å². The summed E-state index contributed by atoms with van der Waals surface area (Å²) in [6, 6.07) is 9.58. The Morgan fingerprint density at radius 3 is 2.33 bits per heavy atom. The molecule has 9 heteroatoms. The molecule has 0 radical (unpaired) electrons. The summed E-state index contributed by atoms with van der Waals surface area (Å²) in [6.07, 6.45) is 1.35. The van der Waals surface area contributed by atoms with Crippen LogP contribution in [0.3, 0.4) is 0 Å². The molecule has 1 N–H and O–H groups in total. The number of ether oxygens (including phenoxy) is 3. The molecule has 2 aromatic rings. The number of nitrogens with zero attached hydrogens (tertiary/aromatic N) is 1. The zero-order chi connectivity index (χ0) is 20.0. The number of hydrogen-bond donors (Lipinski definition) is 1. The smallest absolute Gasteiger partial charge is 0.276 e. The van der Waals surface area contributed by atoms with Gasteiger partial charge in [-0.25, -0.2) is 4.83 Å². The van der Waals surface area contributed by atoms with E-state index in [1.54, 1.807) is 24.3 Å². The molecule has 146 valence electrons. The maximum Gasteiger partial charge on any atom is 0.276 e. The van der Waals surface area contributed by atoms with Crippen molar-refractivity contribution < 1.29 is 22.6 Å². The lowest BCUT2D eigenvalue weighted by Crippen LogP contribution is -2.18. The molecular formula is C18H21BrN2O5S. The molecule has 0 aliphatic heterocycles. The Labute approximate surface area is 167 Å². The summed E-state index contributed by atoms with van der Waals surface area (Å²) in [5, 5.41) is 3.84. The minimum Gasteiger partial charge on any atom is -0.493 e. The molecule has 2 rings (SSSR count). The van der Waals surface area contributed by atoms with Gasteiger partial charge in [0, 0.05) is 10.0 Å². The van der Waals surface area contributed by atoms with Crippen molar-refractivity contribution in [2.45, 2.75) is 24.8 Å². The third-order valence-electron chi connectivity index (χ3n) is 3.35. The molecule has 0 saturated heterocycles. The molecule has 0 heterocycles. The van der Waals surface area contributed by atoms with Crippen molar-refractivity contribution in [2.24, 2.45) is 5.10 Å². The molecule has 0 aromatic heterocycles. The lowest BCUT2D eigenvalue weighted by molar-refractivity contribution is 0.242. The molecule has 0 aliphatic rings. The molecule has 0 unspecified atom stereocenters. The number of halogens is 1. The largest absolute Gasteiger partial charge is 0.493 e. The SMILES string of the molecule is COc1cc(Br)cc(/C=N/NS(=O)(=O)c2ccc(OC(C)C)cc2)c1OC. The average Bonchev–Trinajstić information content (AvgIpc) is 2.61. The standard InChI is InChI=1S/C18H21BrN2O5S/c1-12(2)26-15-5-7-16(8-6-15)27(22,23)21-20-11-13-9-14(19)10-17(24-3)18(13)25-4/h5-12,21H,1-4H3/b20-11+. The van der Waals surface area contributed by atoms with Crippen LogP contribution < -0.4 is 19.0 Å².